The predicted octanol–water partition coefficient (Wildman–Crippen LogP) is 12.9. The molecule has 0 fully saturated rings. The van der Waals surface area contributed by atoms with E-state index < -0.39 is 0 Å². The molecule has 8 aromatic carbocycles. The van der Waals surface area contributed by atoms with E-state index in [1.165, 1.54) is 49.0 Å². The van der Waals surface area contributed by atoms with Gasteiger partial charge in [0.2, 0.25) is 0 Å². The number of nitrogens with zero attached hydrogens (tertiary/aromatic N) is 2. The zero-order valence-corrected chi connectivity index (χ0v) is 27.2. The number of pyridine rings is 2. The zero-order valence-electron chi connectivity index (χ0n) is 27.2. The molecule has 0 aliphatic carbocycles. The van der Waals surface area contributed by atoms with Crippen molar-refractivity contribution in [2.75, 3.05) is 0 Å². The molecule has 0 spiro atoms. The summed E-state index contributed by atoms with van der Waals surface area (Å²) in [5, 5.41) is 9.73. The molecule has 2 heteroatoms. The molecule has 2 nitrogen and oxygen atoms in total. The maximum Gasteiger partial charge on any atom is 0.0972 e. The summed E-state index contributed by atoms with van der Waals surface area (Å²) in [5.74, 6) is 0. The SMILES string of the molecule is c1ccc(-c2ccc3ccc4ccc(-c5cccc(-c6ccc(-c7cc8ccccc8c8ccccc78)c7ccccc67)c5)nc4c3n2)cc1. The van der Waals surface area contributed by atoms with E-state index in [4.69, 9.17) is 9.97 Å². The first-order valence-electron chi connectivity index (χ1n) is 17.1. The van der Waals surface area contributed by atoms with E-state index in [9.17, 15) is 0 Å². The van der Waals surface area contributed by atoms with Crippen LogP contribution in [-0.4, -0.2) is 9.97 Å². The maximum atomic E-state index is 5.25. The minimum Gasteiger partial charge on any atom is -0.245 e. The highest BCUT2D eigenvalue weighted by Gasteiger charge is 2.15. The molecule has 0 aliphatic rings. The van der Waals surface area contributed by atoms with Crippen LogP contribution in [0.4, 0.5) is 0 Å². The van der Waals surface area contributed by atoms with Crippen molar-refractivity contribution < 1.29 is 0 Å². The van der Waals surface area contributed by atoms with E-state index in [1.807, 2.05) is 6.07 Å². The van der Waals surface area contributed by atoms with Crippen LogP contribution in [0, 0.1) is 0 Å². The average molecular weight is 635 g/mol. The molecule has 0 bridgehead atoms. The van der Waals surface area contributed by atoms with Gasteiger partial charge >= 0.3 is 0 Å². The fourth-order valence-electron chi connectivity index (χ4n) is 7.61. The second kappa shape index (κ2) is 11.5. The zero-order chi connectivity index (χ0) is 33.0. The lowest BCUT2D eigenvalue weighted by Crippen LogP contribution is -1.91. The van der Waals surface area contributed by atoms with E-state index in [0.717, 1.165) is 49.9 Å². The molecule has 0 saturated heterocycles. The smallest absolute Gasteiger partial charge is 0.0972 e. The van der Waals surface area contributed by atoms with Gasteiger partial charge in [0, 0.05) is 21.9 Å². The lowest BCUT2D eigenvalue weighted by molar-refractivity contribution is 1.36. The first-order chi connectivity index (χ1) is 24.8. The lowest BCUT2D eigenvalue weighted by atomic mass is 9.88. The number of benzene rings is 8. The van der Waals surface area contributed by atoms with Crippen molar-refractivity contribution in [2.45, 2.75) is 0 Å². The van der Waals surface area contributed by atoms with Crippen molar-refractivity contribution in [1.82, 2.24) is 9.97 Å². The molecule has 2 aromatic heterocycles. The number of hydrogen-bond donors (Lipinski definition) is 0. The highest BCUT2D eigenvalue weighted by molar-refractivity contribution is 6.17. The van der Waals surface area contributed by atoms with Crippen molar-refractivity contribution in [3.8, 4) is 44.8 Å². The molecular formula is C48H30N2. The molecule has 10 aromatic rings. The van der Waals surface area contributed by atoms with Crippen LogP contribution in [0.3, 0.4) is 0 Å². The van der Waals surface area contributed by atoms with Gasteiger partial charge in [-0.15, -0.1) is 0 Å². The Bertz CT molecular complexity index is 2920. The maximum absolute atomic E-state index is 5.25. The normalized spacial score (nSPS) is 11.6. The summed E-state index contributed by atoms with van der Waals surface area (Å²) in [6.45, 7) is 0. The minimum absolute atomic E-state index is 0.917. The summed E-state index contributed by atoms with van der Waals surface area (Å²) in [6, 6.07) is 65.1. The van der Waals surface area contributed by atoms with Crippen molar-refractivity contribution in [3.05, 3.63) is 182 Å². The largest absolute Gasteiger partial charge is 0.245 e. The van der Waals surface area contributed by atoms with Crippen LogP contribution >= 0.6 is 0 Å². The molecule has 0 radical (unpaired) electrons. The van der Waals surface area contributed by atoms with Crippen molar-refractivity contribution in [3.63, 3.8) is 0 Å². The van der Waals surface area contributed by atoms with E-state index in [1.54, 1.807) is 0 Å². The Hall–Kier alpha value is -6.64. The Labute approximate surface area is 290 Å². The van der Waals surface area contributed by atoms with Gasteiger partial charge in [0.25, 0.3) is 0 Å². The molecule has 0 aliphatic heterocycles. The molecule has 50 heavy (non-hydrogen) atoms. The third-order valence-corrected chi connectivity index (χ3v) is 10.0. The van der Waals surface area contributed by atoms with Gasteiger partial charge in [0.1, 0.15) is 0 Å². The first-order valence-corrected chi connectivity index (χ1v) is 17.1. The monoisotopic (exact) mass is 634 g/mol. The first kappa shape index (κ1) is 28.4. The van der Waals surface area contributed by atoms with Crippen LogP contribution in [0.15, 0.2) is 182 Å². The van der Waals surface area contributed by atoms with Gasteiger partial charge in [0.15, 0.2) is 0 Å². The Kier molecular flexibility index (Phi) is 6.53. The highest BCUT2D eigenvalue weighted by Crippen LogP contribution is 2.41. The molecule has 232 valence electrons. The summed E-state index contributed by atoms with van der Waals surface area (Å²) in [6.07, 6.45) is 0. The Morgan fingerprint density at radius 2 is 0.760 bits per heavy atom. The van der Waals surface area contributed by atoms with Crippen LogP contribution < -0.4 is 0 Å². The van der Waals surface area contributed by atoms with Crippen LogP contribution in [0.25, 0.3) is 98.9 Å². The molecule has 0 amide bonds. The number of aromatic nitrogens is 2. The van der Waals surface area contributed by atoms with Crippen LogP contribution in [0.1, 0.15) is 0 Å². The van der Waals surface area contributed by atoms with Crippen LogP contribution in [0.2, 0.25) is 0 Å². The van der Waals surface area contributed by atoms with Gasteiger partial charge < -0.3 is 0 Å². The van der Waals surface area contributed by atoms with Crippen LogP contribution in [-0.2, 0) is 0 Å². The summed E-state index contributed by atoms with van der Waals surface area (Å²) in [5.41, 5.74) is 10.8. The predicted molar refractivity (Wildman–Crippen MR) is 211 cm³/mol. The van der Waals surface area contributed by atoms with E-state index in [2.05, 4.69) is 176 Å². The van der Waals surface area contributed by atoms with Gasteiger partial charge in [-0.25, -0.2) is 9.97 Å². The topological polar surface area (TPSA) is 25.8 Å². The summed E-state index contributed by atoms with van der Waals surface area (Å²) in [7, 11) is 0. The summed E-state index contributed by atoms with van der Waals surface area (Å²) < 4.78 is 0. The number of fused-ring (bicyclic) bond motifs is 7. The van der Waals surface area contributed by atoms with Crippen molar-refractivity contribution >= 4 is 54.1 Å². The Morgan fingerprint density at radius 3 is 1.48 bits per heavy atom. The third-order valence-electron chi connectivity index (χ3n) is 10.0. The summed E-state index contributed by atoms with van der Waals surface area (Å²) >= 11 is 0. The molecule has 0 N–H and O–H groups in total. The van der Waals surface area contributed by atoms with Gasteiger partial charge in [-0.05, 0) is 78.8 Å². The molecule has 10 rings (SSSR count). The fourth-order valence-corrected chi connectivity index (χ4v) is 7.61. The van der Waals surface area contributed by atoms with Gasteiger partial charge in [-0.1, -0.05) is 158 Å². The lowest BCUT2D eigenvalue weighted by Gasteiger charge is -2.16. The Balaban J connectivity index is 1.11. The molecule has 0 saturated carbocycles. The Morgan fingerprint density at radius 1 is 0.260 bits per heavy atom. The average Bonchev–Trinajstić information content (AvgIpc) is 3.20. The molecule has 2 heterocycles. The van der Waals surface area contributed by atoms with Gasteiger partial charge in [-0.2, -0.15) is 0 Å². The van der Waals surface area contributed by atoms with E-state index in [-0.39, 0.29) is 0 Å². The van der Waals surface area contributed by atoms with Crippen molar-refractivity contribution in [2.24, 2.45) is 0 Å². The number of hydrogen-bond acceptors (Lipinski definition) is 2. The van der Waals surface area contributed by atoms with Gasteiger partial charge in [-0.3, -0.25) is 0 Å². The molecular weight excluding hydrogens is 605 g/mol. The standard InChI is InChI=1S/C48H30N2/c1-2-11-31(12-3-1)45-27-23-32-21-22-33-24-28-46(50-48(33)47(32)49-45)36-15-10-14-34(29-36)38-25-26-43(41-19-8-6-18-40(38)41)44-30-35-13-4-5-16-37(35)39-17-7-9-20-42(39)44/h1-30H. The minimum atomic E-state index is 0.917. The molecule has 0 atom stereocenters. The number of rotatable bonds is 4. The van der Waals surface area contributed by atoms with E-state index in [0.29, 0.717) is 0 Å². The fraction of sp³-hybridized carbons (Fsp3) is 0. The quantitative estimate of drug-likeness (QED) is 0.180. The highest BCUT2D eigenvalue weighted by atomic mass is 14.8. The summed E-state index contributed by atoms with van der Waals surface area (Å²) in [4.78, 5) is 10.4. The second-order valence-corrected chi connectivity index (χ2v) is 12.9. The van der Waals surface area contributed by atoms with E-state index >= 15 is 0 Å². The third kappa shape index (κ3) is 4.65. The second-order valence-electron chi connectivity index (χ2n) is 12.9. The molecule has 0 unspecified atom stereocenters. The van der Waals surface area contributed by atoms with Crippen molar-refractivity contribution in [1.29, 1.82) is 0 Å². The van der Waals surface area contributed by atoms with Crippen LogP contribution in [0.5, 0.6) is 0 Å². The van der Waals surface area contributed by atoms with Gasteiger partial charge in [0.05, 0.1) is 22.4 Å².